The number of rotatable bonds is 2. The van der Waals surface area contributed by atoms with E-state index in [4.69, 9.17) is 11.6 Å². The van der Waals surface area contributed by atoms with Crippen LogP contribution in [0, 0.1) is 0 Å². The summed E-state index contributed by atoms with van der Waals surface area (Å²) in [6, 6.07) is 4.20. The Hall–Kier alpha value is -0.840. The summed E-state index contributed by atoms with van der Waals surface area (Å²) in [5.41, 5.74) is 0.631. The molecule has 4 nitrogen and oxygen atoms in total. The minimum atomic E-state index is 0. The van der Waals surface area contributed by atoms with Crippen LogP contribution in [0.4, 0.5) is 0 Å². The van der Waals surface area contributed by atoms with E-state index in [-0.39, 0.29) is 18.3 Å². The summed E-state index contributed by atoms with van der Waals surface area (Å²) in [5, 5.41) is 0.425. The van der Waals surface area contributed by atoms with Crippen molar-refractivity contribution >= 4 is 29.9 Å². The van der Waals surface area contributed by atoms with Crippen molar-refractivity contribution in [2.24, 2.45) is 0 Å². The Bertz CT molecular complexity index is 476. The van der Waals surface area contributed by atoms with Gasteiger partial charge >= 0.3 is 0 Å². The quantitative estimate of drug-likeness (QED) is 0.783. The number of carbonyl (C=O) groups excluding carboxylic acids is 1. The summed E-state index contributed by atoms with van der Waals surface area (Å²) >= 11 is 5.76. The van der Waals surface area contributed by atoms with E-state index >= 15 is 0 Å². The predicted molar refractivity (Wildman–Crippen MR) is 86.2 cm³/mol. The van der Waals surface area contributed by atoms with Crippen molar-refractivity contribution in [3.05, 3.63) is 29.0 Å². The maximum atomic E-state index is 12.4. The summed E-state index contributed by atoms with van der Waals surface area (Å²) in [7, 11) is 0. The maximum Gasteiger partial charge on any atom is 0.255 e. The highest BCUT2D eigenvalue weighted by Crippen LogP contribution is 2.25. The summed E-state index contributed by atoms with van der Waals surface area (Å²) < 4.78 is 0. The molecule has 0 spiro atoms. The molecule has 1 aliphatic carbocycles. The van der Waals surface area contributed by atoms with E-state index in [1.165, 1.54) is 19.3 Å². The minimum Gasteiger partial charge on any atom is -0.337 e. The smallest absolute Gasteiger partial charge is 0.255 e. The van der Waals surface area contributed by atoms with Crippen molar-refractivity contribution in [2.75, 3.05) is 26.2 Å². The molecule has 2 fully saturated rings. The van der Waals surface area contributed by atoms with Gasteiger partial charge < -0.3 is 4.90 Å². The first-order chi connectivity index (χ1) is 9.74. The molecule has 1 saturated heterocycles. The van der Waals surface area contributed by atoms with Crippen LogP contribution in [0.2, 0.25) is 5.15 Å². The van der Waals surface area contributed by atoms with E-state index < -0.39 is 0 Å². The van der Waals surface area contributed by atoms with Crippen LogP contribution in [-0.4, -0.2) is 52.9 Å². The highest BCUT2D eigenvalue weighted by molar-refractivity contribution is 6.29. The van der Waals surface area contributed by atoms with Crippen LogP contribution in [0.5, 0.6) is 0 Å². The van der Waals surface area contributed by atoms with Crippen molar-refractivity contribution in [2.45, 2.75) is 31.7 Å². The zero-order chi connectivity index (χ0) is 13.9. The summed E-state index contributed by atoms with van der Waals surface area (Å²) in [6.07, 6.45) is 6.65. The van der Waals surface area contributed by atoms with E-state index in [2.05, 4.69) is 9.88 Å². The Labute approximate surface area is 136 Å². The minimum absolute atomic E-state index is 0. The lowest BCUT2D eigenvalue weighted by Gasteiger charge is -2.36. The molecule has 0 aromatic carbocycles. The summed E-state index contributed by atoms with van der Waals surface area (Å²) in [6.45, 7) is 3.77. The van der Waals surface area contributed by atoms with Crippen LogP contribution < -0.4 is 0 Å². The van der Waals surface area contributed by atoms with Gasteiger partial charge in [-0.15, -0.1) is 12.4 Å². The van der Waals surface area contributed by atoms with E-state index in [0.717, 1.165) is 38.6 Å². The second-order valence-corrected chi connectivity index (χ2v) is 6.02. The molecule has 0 N–H and O–H groups in total. The van der Waals surface area contributed by atoms with Gasteiger partial charge in [-0.3, -0.25) is 9.69 Å². The number of nitrogens with zero attached hydrogens (tertiary/aromatic N) is 3. The van der Waals surface area contributed by atoms with E-state index in [1.807, 2.05) is 4.90 Å². The number of halogens is 2. The fourth-order valence-corrected chi connectivity index (χ4v) is 3.05. The third-order valence-corrected chi connectivity index (χ3v) is 4.61. The van der Waals surface area contributed by atoms with Crippen molar-refractivity contribution < 1.29 is 4.79 Å². The van der Waals surface area contributed by atoms with Crippen LogP contribution in [0.3, 0.4) is 0 Å². The standard InChI is InChI=1S/C15H20ClN3O.ClH/c16-14-6-5-12(11-17-14)15(20)19-8-2-7-18(9-10-19)13-3-1-4-13;/h5-6,11,13H,1-4,7-10H2;1H. The highest BCUT2D eigenvalue weighted by atomic mass is 35.5. The molecule has 1 aliphatic heterocycles. The van der Waals surface area contributed by atoms with Gasteiger partial charge in [0.1, 0.15) is 5.15 Å². The summed E-state index contributed by atoms with van der Waals surface area (Å²) in [5.74, 6) is 0.0737. The normalized spacial score (nSPS) is 20.3. The first kappa shape index (κ1) is 16.5. The molecule has 1 saturated carbocycles. The molecule has 116 valence electrons. The van der Waals surface area contributed by atoms with Gasteiger partial charge in [0.15, 0.2) is 0 Å². The van der Waals surface area contributed by atoms with Gasteiger partial charge in [-0.25, -0.2) is 4.98 Å². The number of pyridine rings is 1. The van der Waals surface area contributed by atoms with Crippen LogP contribution in [0.15, 0.2) is 18.3 Å². The monoisotopic (exact) mass is 329 g/mol. The molecule has 0 radical (unpaired) electrons. The topological polar surface area (TPSA) is 36.4 Å². The van der Waals surface area contributed by atoms with Gasteiger partial charge in [-0.2, -0.15) is 0 Å². The molecule has 6 heteroatoms. The SMILES string of the molecule is Cl.O=C(c1ccc(Cl)nc1)N1CCCN(C2CCC2)CC1. The molecular weight excluding hydrogens is 309 g/mol. The first-order valence-electron chi connectivity index (χ1n) is 7.39. The fraction of sp³-hybridized carbons (Fsp3) is 0.600. The largest absolute Gasteiger partial charge is 0.337 e. The van der Waals surface area contributed by atoms with Gasteiger partial charge in [-0.05, 0) is 31.4 Å². The van der Waals surface area contributed by atoms with Gasteiger partial charge in [0.2, 0.25) is 0 Å². The van der Waals surface area contributed by atoms with Gasteiger partial charge in [-0.1, -0.05) is 18.0 Å². The summed E-state index contributed by atoms with van der Waals surface area (Å²) in [4.78, 5) is 20.9. The lowest BCUT2D eigenvalue weighted by Crippen LogP contribution is -2.42. The van der Waals surface area contributed by atoms with Crippen molar-refractivity contribution in [3.63, 3.8) is 0 Å². The van der Waals surface area contributed by atoms with E-state index in [1.54, 1.807) is 18.3 Å². The fourth-order valence-electron chi connectivity index (χ4n) is 2.94. The lowest BCUT2D eigenvalue weighted by molar-refractivity contribution is 0.0749. The molecule has 2 aliphatic rings. The number of amides is 1. The molecular formula is C15H21Cl2N3O. The lowest BCUT2D eigenvalue weighted by atomic mass is 9.91. The maximum absolute atomic E-state index is 12.4. The number of aromatic nitrogens is 1. The van der Waals surface area contributed by atoms with Crippen LogP contribution in [0.1, 0.15) is 36.0 Å². The molecule has 0 atom stereocenters. The molecule has 3 rings (SSSR count). The van der Waals surface area contributed by atoms with Crippen molar-refractivity contribution in [3.8, 4) is 0 Å². The molecule has 1 aromatic heterocycles. The van der Waals surface area contributed by atoms with Crippen LogP contribution in [0.25, 0.3) is 0 Å². The average molecular weight is 330 g/mol. The van der Waals surface area contributed by atoms with E-state index in [9.17, 15) is 4.79 Å². The Morgan fingerprint density at radius 1 is 1.14 bits per heavy atom. The number of hydrogen-bond donors (Lipinski definition) is 0. The molecule has 2 heterocycles. The van der Waals surface area contributed by atoms with Crippen LogP contribution in [-0.2, 0) is 0 Å². The number of carbonyl (C=O) groups is 1. The highest BCUT2D eigenvalue weighted by Gasteiger charge is 2.27. The predicted octanol–water partition coefficient (Wildman–Crippen LogP) is 2.86. The average Bonchev–Trinajstić information content (AvgIpc) is 2.63. The molecule has 0 unspecified atom stereocenters. The second kappa shape index (κ2) is 7.43. The third-order valence-electron chi connectivity index (χ3n) is 4.38. The van der Waals surface area contributed by atoms with Gasteiger partial charge in [0.25, 0.3) is 5.91 Å². The molecule has 1 aromatic rings. The van der Waals surface area contributed by atoms with Crippen LogP contribution >= 0.6 is 24.0 Å². The second-order valence-electron chi connectivity index (χ2n) is 5.64. The zero-order valence-electron chi connectivity index (χ0n) is 12.0. The molecule has 0 bridgehead atoms. The van der Waals surface area contributed by atoms with Gasteiger partial charge in [0.05, 0.1) is 5.56 Å². The first-order valence-corrected chi connectivity index (χ1v) is 7.77. The van der Waals surface area contributed by atoms with E-state index in [0.29, 0.717) is 10.7 Å². The Balaban J connectivity index is 0.00000161. The Kier molecular flexibility index (Phi) is 5.85. The third kappa shape index (κ3) is 3.87. The van der Waals surface area contributed by atoms with Gasteiger partial charge in [0, 0.05) is 38.4 Å². The Morgan fingerprint density at radius 3 is 2.57 bits per heavy atom. The Morgan fingerprint density at radius 2 is 1.95 bits per heavy atom. The van der Waals surface area contributed by atoms with Crippen molar-refractivity contribution in [1.29, 1.82) is 0 Å². The number of hydrogen-bond acceptors (Lipinski definition) is 3. The zero-order valence-corrected chi connectivity index (χ0v) is 13.6. The molecule has 1 amide bonds. The molecule has 21 heavy (non-hydrogen) atoms. The van der Waals surface area contributed by atoms with Crippen molar-refractivity contribution in [1.82, 2.24) is 14.8 Å².